The third kappa shape index (κ3) is 7.28. The van der Waals surface area contributed by atoms with Gasteiger partial charge in [0.25, 0.3) is 11.6 Å². The van der Waals surface area contributed by atoms with Gasteiger partial charge in [0.2, 0.25) is 5.91 Å². The molecule has 2 N–H and O–H groups in total. The van der Waals surface area contributed by atoms with Gasteiger partial charge in [0.15, 0.2) is 6.61 Å². The first-order valence-electron chi connectivity index (χ1n) is 9.06. The lowest BCUT2D eigenvalue weighted by Gasteiger charge is -2.11. The van der Waals surface area contributed by atoms with Gasteiger partial charge in [-0.05, 0) is 42.3 Å². The summed E-state index contributed by atoms with van der Waals surface area (Å²) in [5, 5.41) is 15.8. The van der Waals surface area contributed by atoms with Crippen molar-refractivity contribution in [3.05, 3.63) is 62.6 Å². The lowest BCUT2D eigenvalue weighted by atomic mass is 10.1. The van der Waals surface area contributed by atoms with Crippen LogP contribution in [-0.2, 0) is 25.5 Å². The fourth-order valence-electron chi connectivity index (χ4n) is 2.49. The minimum absolute atomic E-state index is 0.0935. The van der Waals surface area contributed by atoms with Gasteiger partial charge < -0.3 is 15.4 Å². The number of non-ortho nitro benzene ring substituents is 1. The third-order valence-corrected chi connectivity index (χ3v) is 4.50. The topological polar surface area (TPSA) is 128 Å². The zero-order chi connectivity index (χ0) is 22.1. The number of carbonyl (C=O) groups is 3. The molecule has 0 spiro atoms. The van der Waals surface area contributed by atoms with Gasteiger partial charge in [0.05, 0.1) is 11.3 Å². The van der Waals surface area contributed by atoms with Crippen LogP contribution in [0.3, 0.4) is 0 Å². The third-order valence-electron chi connectivity index (χ3n) is 4.00. The molecule has 0 aliphatic carbocycles. The number of aryl methyl sites for hydroxylation is 1. The Morgan fingerprint density at radius 3 is 2.37 bits per heavy atom. The van der Waals surface area contributed by atoms with Crippen LogP contribution in [0.25, 0.3) is 0 Å². The summed E-state index contributed by atoms with van der Waals surface area (Å²) in [6.07, 6.45) is 0.368. The Kier molecular flexibility index (Phi) is 8.48. The second-order valence-corrected chi connectivity index (χ2v) is 7.13. The predicted octanol–water partition coefficient (Wildman–Crippen LogP) is 3.82. The first-order chi connectivity index (χ1) is 14.3. The second-order valence-electron chi connectivity index (χ2n) is 6.22. The molecule has 0 saturated carbocycles. The average molecular weight is 478 g/mol. The molecule has 0 bridgehead atoms. The van der Waals surface area contributed by atoms with Crippen molar-refractivity contribution in [2.75, 3.05) is 17.2 Å². The Morgan fingerprint density at radius 2 is 1.73 bits per heavy atom. The molecular formula is C20H20BrN3O6. The monoisotopic (exact) mass is 477 g/mol. The van der Waals surface area contributed by atoms with Crippen molar-refractivity contribution in [2.45, 2.75) is 26.2 Å². The van der Waals surface area contributed by atoms with E-state index in [4.69, 9.17) is 4.74 Å². The van der Waals surface area contributed by atoms with Crippen molar-refractivity contribution in [3.8, 4) is 0 Å². The van der Waals surface area contributed by atoms with Crippen LogP contribution in [0.4, 0.5) is 17.1 Å². The first-order valence-corrected chi connectivity index (χ1v) is 9.86. The Morgan fingerprint density at radius 1 is 1.03 bits per heavy atom. The molecule has 30 heavy (non-hydrogen) atoms. The van der Waals surface area contributed by atoms with Crippen molar-refractivity contribution >= 4 is 50.8 Å². The number of nitro groups is 1. The Labute approximate surface area is 181 Å². The number of hydrogen-bond donors (Lipinski definition) is 2. The van der Waals surface area contributed by atoms with E-state index in [2.05, 4.69) is 26.6 Å². The summed E-state index contributed by atoms with van der Waals surface area (Å²) in [4.78, 5) is 45.7. The molecule has 0 radical (unpaired) electrons. The summed E-state index contributed by atoms with van der Waals surface area (Å²) in [6, 6.07) is 10.8. The summed E-state index contributed by atoms with van der Waals surface area (Å²) < 4.78 is 5.80. The number of halogens is 1. The van der Waals surface area contributed by atoms with Crippen molar-refractivity contribution in [3.63, 3.8) is 0 Å². The largest absolute Gasteiger partial charge is 0.456 e. The van der Waals surface area contributed by atoms with Gasteiger partial charge >= 0.3 is 5.97 Å². The fraction of sp³-hybridized carbons (Fsp3) is 0.250. The van der Waals surface area contributed by atoms with Gasteiger partial charge in [0.1, 0.15) is 0 Å². The molecule has 10 heteroatoms. The number of amides is 2. The van der Waals surface area contributed by atoms with Gasteiger partial charge in [-0.25, -0.2) is 0 Å². The van der Waals surface area contributed by atoms with E-state index in [1.54, 1.807) is 12.1 Å². The molecule has 2 aromatic carbocycles. The summed E-state index contributed by atoms with van der Waals surface area (Å²) in [5.41, 5.74) is 1.86. The molecule has 0 aliphatic rings. The van der Waals surface area contributed by atoms with Crippen molar-refractivity contribution < 1.29 is 24.0 Å². The molecule has 158 valence electrons. The summed E-state index contributed by atoms with van der Waals surface area (Å²) in [7, 11) is 0. The van der Waals surface area contributed by atoms with E-state index in [9.17, 15) is 24.5 Å². The van der Waals surface area contributed by atoms with Crippen LogP contribution in [0.2, 0.25) is 0 Å². The lowest BCUT2D eigenvalue weighted by molar-refractivity contribution is -0.384. The Balaban J connectivity index is 1.73. The number of nitro benzene ring substituents is 1. The van der Waals surface area contributed by atoms with E-state index >= 15 is 0 Å². The van der Waals surface area contributed by atoms with Crippen LogP contribution < -0.4 is 10.6 Å². The van der Waals surface area contributed by atoms with E-state index < -0.39 is 29.3 Å². The van der Waals surface area contributed by atoms with Crippen LogP contribution in [0.5, 0.6) is 0 Å². The number of anilines is 2. The molecule has 0 fully saturated rings. The standard InChI is InChI=1S/C20H20BrN3O6/c1-2-13-11-14(21)3-8-17(13)23-19(26)12-30-20(27)10-9-18(25)22-15-4-6-16(7-5-15)24(28)29/h3-8,11H,2,9-10,12H2,1H3,(H,22,25)(H,23,26). The quantitative estimate of drug-likeness (QED) is 0.321. The zero-order valence-corrected chi connectivity index (χ0v) is 17.7. The van der Waals surface area contributed by atoms with Crippen LogP contribution in [-0.4, -0.2) is 29.3 Å². The van der Waals surface area contributed by atoms with Gasteiger partial charge in [-0.15, -0.1) is 0 Å². The Hall–Kier alpha value is -3.27. The predicted molar refractivity (Wildman–Crippen MR) is 114 cm³/mol. The number of hydrogen-bond acceptors (Lipinski definition) is 6. The van der Waals surface area contributed by atoms with Gasteiger partial charge in [-0.3, -0.25) is 24.5 Å². The van der Waals surface area contributed by atoms with Gasteiger partial charge in [0, 0.05) is 34.4 Å². The average Bonchev–Trinajstić information content (AvgIpc) is 2.72. The van der Waals surface area contributed by atoms with Gasteiger partial charge in [-0.2, -0.15) is 0 Å². The van der Waals surface area contributed by atoms with Gasteiger partial charge in [-0.1, -0.05) is 22.9 Å². The number of carbonyl (C=O) groups excluding carboxylic acids is 3. The second kappa shape index (κ2) is 11.1. The Bertz CT molecular complexity index is 946. The van der Waals surface area contributed by atoms with Crippen LogP contribution in [0, 0.1) is 10.1 Å². The molecule has 0 atom stereocenters. The molecule has 2 aromatic rings. The normalized spacial score (nSPS) is 10.2. The zero-order valence-electron chi connectivity index (χ0n) is 16.1. The SMILES string of the molecule is CCc1cc(Br)ccc1NC(=O)COC(=O)CCC(=O)Nc1ccc([N+](=O)[O-])cc1. The highest BCUT2D eigenvalue weighted by molar-refractivity contribution is 9.10. The van der Waals surface area contributed by atoms with Crippen LogP contribution in [0.1, 0.15) is 25.3 Å². The van der Waals surface area contributed by atoms with E-state index in [1.807, 2.05) is 13.0 Å². The maximum atomic E-state index is 12.0. The van der Waals surface area contributed by atoms with Crippen LogP contribution >= 0.6 is 15.9 Å². The molecular weight excluding hydrogens is 458 g/mol. The molecule has 2 amide bonds. The number of rotatable bonds is 9. The minimum atomic E-state index is -0.685. The molecule has 9 nitrogen and oxygen atoms in total. The summed E-state index contributed by atoms with van der Waals surface area (Å²) in [6.45, 7) is 1.50. The molecule has 0 aromatic heterocycles. The highest BCUT2D eigenvalue weighted by Crippen LogP contribution is 2.21. The minimum Gasteiger partial charge on any atom is -0.456 e. The van der Waals surface area contributed by atoms with Crippen molar-refractivity contribution in [1.82, 2.24) is 0 Å². The number of nitrogens with one attached hydrogen (secondary N) is 2. The fourth-order valence-corrected chi connectivity index (χ4v) is 2.90. The number of esters is 1. The smallest absolute Gasteiger partial charge is 0.306 e. The van der Waals surface area contributed by atoms with E-state index in [1.165, 1.54) is 24.3 Å². The molecule has 2 rings (SSSR count). The number of ether oxygens (including phenoxy) is 1. The van der Waals surface area contributed by atoms with Crippen molar-refractivity contribution in [2.24, 2.45) is 0 Å². The van der Waals surface area contributed by atoms with E-state index in [0.29, 0.717) is 11.4 Å². The maximum absolute atomic E-state index is 12.0. The van der Waals surface area contributed by atoms with Crippen molar-refractivity contribution in [1.29, 1.82) is 0 Å². The van der Waals surface area contributed by atoms with E-state index in [-0.39, 0.29) is 18.5 Å². The molecule has 0 unspecified atom stereocenters. The van der Waals surface area contributed by atoms with E-state index in [0.717, 1.165) is 16.5 Å². The lowest BCUT2D eigenvalue weighted by Crippen LogP contribution is -2.22. The molecule has 0 aliphatic heterocycles. The first kappa shape index (κ1) is 23.0. The highest BCUT2D eigenvalue weighted by Gasteiger charge is 2.13. The molecule has 0 saturated heterocycles. The summed E-state index contributed by atoms with van der Waals surface area (Å²) >= 11 is 3.37. The maximum Gasteiger partial charge on any atom is 0.306 e. The number of benzene rings is 2. The molecule has 0 heterocycles. The van der Waals surface area contributed by atoms with Crippen LogP contribution in [0.15, 0.2) is 46.9 Å². The number of nitrogens with zero attached hydrogens (tertiary/aromatic N) is 1. The highest BCUT2D eigenvalue weighted by atomic mass is 79.9. The summed E-state index contributed by atoms with van der Waals surface area (Å²) in [5.74, 6) is -1.61.